The van der Waals surface area contributed by atoms with Crippen molar-refractivity contribution in [3.63, 3.8) is 0 Å². The molecule has 4 nitrogen and oxygen atoms in total. The number of hydrogen-bond donors (Lipinski definition) is 0. The van der Waals surface area contributed by atoms with Crippen LogP contribution in [0, 0.1) is 0 Å². The van der Waals surface area contributed by atoms with E-state index in [1.54, 1.807) is 22.7 Å². The fourth-order valence-electron chi connectivity index (χ4n) is 6.81. The maximum Gasteiger partial charge on any atom is 0.205 e. The van der Waals surface area contributed by atoms with E-state index in [1.807, 2.05) is 48.7 Å². The van der Waals surface area contributed by atoms with Crippen molar-refractivity contribution in [2.45, 2.75) is 0 Å². The van der Waals surface area contributed by atoms with Crippen molar-refractivity contribution in [1.82, 2.24) is 4.98 Å². The van der Waals surface area contributed by atoms with Gasteiger partial charge in [-0.15, -0.1) is 22.7 Å². The van der Waals surface area contributed by atoms with Crippen LogP contribution in [-0.2, 0) is 0 Å². The minimum atomic E-state index is 0.698. The number of benzene rings is 6. The van der Waals surface area contributed by atoms with Gasteiger partial charge in [-0.2, -0.15) is 0 Å². The number of anilines is 3. The second-order valence-corrected chi connectivity index (χ2v) is 14.3. The molecular formula is C45H28N2O2S2. The SMILES string of the molecule is c1ccc(-c2ccc(N(c3ccc(-c4cccc5c4sc4ncccc45)cc3)c3sc(-c4ccccc4)c4c3Oc3ccccc3O4)cc2)cc1. The summed E-state index contributed by atoms with van der Waals surface area (Å²) in [6, 6.07) is 57.1. The molecule has 0 unspecified atom stereocenters. The lowest BCUT2D eigenvalue weighted by Crippen LogP contribution is -2.10. The highest BCUT2D eigenvalue weighted by atomic mass is 32.1. The maximum absolute atomic E-state index is 6.74. The minimum Gasteiger partial charge on any atom is -0.448 e. The lowest BCUT2D eigenvalue weighted by molar-refractivity contribution is 0.364. The number of hydrogen-bond acceptors (Lipinski definition) is 6. The molecule has 9 aromatic rings. The number of fused-ring (bicyclic) bond motifs is 5. The molecule has 1 aliphatic heterocycles. The molecule has 6 aromatic carbocycles. The van der Waals surface area contributed by atoms with E-state index in [9.17, 15) is 0 Å². The molecule has 0 bridgehead atoms. The van der Waals surface area contributed by atoms with Gasteiger partial charge in [-0.3, -0.25) is 4.90 Å². The Bertz CT molecular complexity index is 2680. The largest absolute Gasteiger partial charge is 0.448 e. The lowest BCUT2D eigenvalue weighted by atomic mass is 10.0. The minimum absolute atomic E-state index is 0.698. The summed E-state index contributed by atoms with van der Waals surface area (Å²) in [6.45, 7) is 0. The molecule has 10 rings (SSSR count). The predicted octanol–water partition coefficient (Wildman–Crippen LogP) is 13.9. The maximum atomic E-state index is 6.74. The Labute approximate surface area is 303 Å². The number of nitrogens with zero attached hydrogens (tertiary/aromatic N) is 2. The summed E-state index contributed by atoms with van der Waals surface area (Å²) in [5.41, 5.74) is 7.81. The third-order valence-electron chi connectivity index (χ3n) is 9.26. The third kappa shape index (κ3) is 5.16. The molecule has 1 aliphatic rings. The average molecular weight is 693 g/mol. The predicted molar refractivity (Wildman–Crippen MR) is 213 cm³/mol. The fraction of sp³-hybridized carbons (Fsp3) is 0. The van der Waals surface area contributed by atoms with E-state index in [1.165, 1.54) is 26.6 Å². The van der Waals surface area contributed by atoms with Gasteiger partial charge in [-0.05, 0) is 76.3 Å². The zero-order chi connectivity index (χ0) is 33.7. The van der Waals surface area contributed by atoms with Crippen molar-refractivity contribution in [2.75, 3.05) is 4.90 Å². The summed E-state index contributed by atoms with van der Waals surface area (Å²) in [4.78, 5) is 9.01. The van der Waals surface area contributed by atoms with Crippen LogP contribution in [0.5, 0.6) is 23.0 Å². The van der Waals surface area contributed by atoms with Gasteiger partial charge in [0.05, 0.1) is 4.88 Å². The van der Waals surface area contributed by atoms with Crippen LogP contribution in [-0.4, -0.2) is 4.98 Å². The van der Waals surface area contributed by atoms with Crippen LogP contribution in [0.25, 0.3) is 53.0 Å². The first-order chi connectivity index (χ1) is 25.3. The highest BCUT2D eigenvalue weighted by Gasteiger charge is 2.32. The summed E-state index contributed by atoms with van der Waals surface area (Å²) in [7, 11) is 0. The van der Waals surface area contributed by atoms with Gasteiger partial charge in [0.1, 0.15) is 9.83 Å². The molecule has 51 heavy (non-hydrogen) atoms. The van der Waals surface area contributed by atoms with Crippen LogP contribution in [0.15, 0.2) is 170 Å². The van der Waals surface area contributed by atoms with Crippen LogP contribution in [0.3, 0.4) is 0 Å². The van der Waals surface area contributed by atoms with E-state index in [0.717, 1.165) is 48.5 Å². The Balaban J connectivity index is 1.13. The normalized spacial score (nSPS) is 11.8. The van der Waals surface area contributed by atoms with Gasteiger partial charge >= 0.3 is 0 Å². The van der Waals surface area contributed by atoms with Gasteiger partial charge in [0.25, 0.3) is 0 Å². The Hall–Kier alpha value is -6.21. The van der Waals surface area contributed by atoms with Crippen LogP contribution < -0.4 is 14.4 Å². The number of thiophene rings is 2. The standard InChI is InChI=1S/C45H28N2O2S2/c1-3-11-29(12-4-1)30-20-24-33(25-21-30)47(34-26-22-31(23-27-34)35-15-9-16-36-37-17-10-28-46-44(37)50-43(35)36)45-41-40(42(51-45)32-13-5-2-6-14-32)48-38-18-7-8-19-39(38)49-41/h1-28H. The first-order valence-corrected chi connectivity index (χ1v) is 18.4. The van der Waals surface area contributed by atoms with Crippen LogP contribution in [0.2, 0.25) is 0 Å². The number of ether oxygens (including phenoxy) is 2. The van der Waals surface area contributed by atoms with E-state index in [-0.39, 0.29) is 0 Å². The van der Waals surface area contributed by atoms with E-state index in [4.69, 9.17) is 9.47 Å². The monoisotopic (exact) mass is 692 g/mol. The second-order valence-electron chi connectivity index (χ2n) is 12.3. The topological polar surface area (TPSA) is 34.6 Å². The van der Waals surface area contributed by atoms with Crippen molar-refractivity contribution >= 4 is 59.4 Å². The molecule has 0 spiro atoms. The molecule has 0 fully saturated rings. The Morgan fingerprint density at radius 3 is 1.75 bits per heavy atom. The van der Waals surface area contributed by atoms with E-state index in [2.05, 4.69) is 131 Å². The van der Waals surface area contributed by atoms with E-state index in [0.29, 0.717) is 17.2 Å². The van der Waals surface area contributed by atoms with Gasteiger partial charge in [-0.1, -0.05) is 115 Å². The molecule has 0 atom stereocenters. The highest BCUT2D eigenvalue weighted by Crippen LogP contribution is 2.61. The zero-order valence-electron chi connectivity index (χ0n) is 27.2. The molecule has 0 radical (unpaired) electrons. The summed E-state index contributed by atoms with van der Waals surface area (Å²) < 4.78 is 14.6. The Kier molecular flexibility index (Phi) is 7.15. The number of aromatic nitrogens is 1. The van der Waals surface area contributed by atoms with Crippen molar-refractivity contribution in [3.8, 4) is 55.7 Å². The summed E-state index contributed by atoms with van der Waals surface area (Å²) in [5.74, 6) is 2.84. The van der Waals surface area contributed by atoms with E-state index >= 15 is 0 Å². The molecule has 3 aromatic heterocycles. The quantitative estimate of drug-likeness (QED) is 0.174. The molecule has 0 amide bonds. The van der Waals surface area contributed by atoms with Crippen LogP contribution in [0.4, 0.5) is 16.4 Å². The summed E-state index contributed by atoms with van der Waals surface area (Å²) in [6.07, 6.45) is 1.87. The highest BCUT2D eigenvalue weighted by molar-refractivity contribution is 7.26. The Morgan fingerprint density at radius 2 is 1.04 bits per heavy atom. The molecule has 0 N–H and O–H groups in total. The first-order valence-electron chi connectivity index (χ1n) is 16.8. The van der Waals surface area contributed by atoms with Gasteiger partial charge in [-0.25, -0.2) is 4.98 Å². The molecule has 4 heterocycles. The molecule has 0 aliphatic carbocycles. The summed E-state index contributed by atoms with van der Waals surface area (Å²) >= 11 is 3.42. The third-order valence-corrected chi connectivity index (χ3v) is 11.6. The van der Waals surface area contributed by atoms with Crippen LogP contribution >= 0.6 is 22.7 Å². The number of rotatable bonds is 6. The van der Waals surface area contributed by atoms with Crippen molar-refractivity contribution in [3.05, 3.63) is 170 Å². The lowest BCUT2D eigenvalue weighted by Gasteiger charge is -2.27. The average Bonchev–Trinajstić information content (AvgIpc) is 3.77. The first kappa shape index (κ1) is 29.7. The van der Waals surface area contributed by atoms with Crippen molar-refractivity contribution in [1.29, 1.82) is 0 Å². The molecule has 6 heteroatoms. The van der Waals surface area contributed by atoms with Crippen molar-refractivity contribution < 1.29 is 9.47 Å². The molecule has 0 saturated carbocycles. The van der Waals surface area contributed by atoms with Gasteiger partial charge < -0.3 is 9.47 Å². The van der Waals surface area contributed by atoms with Gasteiger partial charge in [0, 0.05) is 33.0 Å². The Morgan fingerprint density at radius 1 is 0.451 bits per heavy atom. The summed E-state index contributed by atoms with van der Waals surface area (Å²) in [5, 5.41) is 3.37. The zero-order valence-corrected chi connectivity index (χ0v) is 28.8. The molecule has 242 valence electrons. The molecule has 0 saturated heterocycles. The molecular weight excluding hydrogens is 665 g/mol. The van der Waals surface area contributed by atoms with Crippen molar-refractivity contribution in [2.24, 2.45) is 0 Å². The van der Waals surface area contributed by atoms with E-state index < -0.39 is 0 Å². The van der Waals surface area contributed by atoms with Gasteiger partial charge in [0.2, 0.25) is 5.75 Å². The van der Waals surface area contributed by atoms with Gasteiger partial charge in [0.15, 0.2) is 17.2 Å². The second kappa shape index (κ2) is 12.3. The number of para-hydroxylation sites is 2. The smallest absolute Gasteiger partial charge is 0.205 e. The fourth-order valence-corrected chi connectivity index (χ4v) is 9.19. The number of pyridine rings is 1. The van der Waals surface area contributed by atoms with Crippen LogP contribution in [0.1, 0.15) is 0 Å².